The zero-order chi connectivity index (χ0) is 18.4. The van der Waals surface area contributed by atoms with E-state index in [0.29, 0.717) is 11.5 Å². The summed E-state index contributed by atoms with van der Waals surface area (Å²) >= 11 is 0. The number of hydrogen-bond donors (Lipinski definition) is 1. The van der Waals surface area contributed by atoms with Crippen LogP contribution >= 0.6 is 0 Å². The van der Waals surface area contributed by atoms with Gasteiger partial charge >= 0.3 is 0 Å². The monoisotopic (exact) mass is 372 g/mol. The molecule has 24 heavy (non-hydrogen) atoms. The summed E-state index contributed by atoms with van der Waals surface area (Å²) in [5.41, 5.74) is 0.701. The number of aliphatic hydroxyl groups is 1. The first kappa shape index (κ1) is 20.6. The lowest BCUT2D eigenvalue weighted by Gasteiger charge is -2.44. The van der Waals surface area contributed by atoms with Crippen LogP contribution in [-0.2, 0) is 9.16 Å². The molecule has 0 amide bonds. The molecule has 0 bridgehead atoms. The predicted octanol–water partition coefficient (Wildman–Crippen LogP) is 5.38. The number of rotatable bonds is 5. The minimum atomic E-state index is -1.68. The highest BCUT2D eigenvalue weighted by atomic mass is 28.4. The van der Waals surface area contributed by atoms with Crippen molar-refractivity contribution in [3.63, 3.8) is 0 Å². The van der Waals surface area contributed by atoms with E-state index in [9.17, 15) is 5.11 Å². The van der Waals surface area contributed by atoms with E-state index in [0.717, 1.165) is 38.7 Å². The van der Waals surface area contributed by atoms with Crippen LogP contribution in [0.4, 0.5) is 0 Å². The molecule has 1 aliphatic carbocycles. The maximum Gasteiger partial charge on any atom is 0.191 e. The first-order valence-corrected chi connectivity index (χ1v) is 16.3. The summed E-state index contributed by atoms with van der Waals surface area (Å²) in [7, 11) is -2.91. The summed E-state index contributed by atoms with van der Waals surface area (Å²) in [6, 6.07) is 0. The number of hydrogen-bond acceptors (Lipinski definition) is 3. The Labute approximate surface area is 151 Å². The van der Waals surface area contributed by atoms with Gasteiger partial charge in [-0.15, -0.1) is 0 Å². The highest BCUT2D eigenvalue weighted by Crippen LogP contribution is 2.54. The minimum Gasteiger partial charge on any atom is -0.417 e. The Morgan fingerprint density at radius 3 is 2.25 bits per heavy atom. The maximum atomic E-state index is 11.1. The van der Waals surface area contributed by atoms with Crippen molar-refractivity contribution in [2.24, 2.45) is 5.92 Å². The number of fused-ring (bicyclic) bond motifs is 1. The Bertz CT molecular complexity index is 439. The SMILES string of the molecule is CC(C)(C)[Si](C)(C)OCCC1CC[C@@H]2[C@@H]([Si](C)(C)C)CCC2(O)O1. The van der Waals surface area contributed by atoms with Crippen LogP contribution in [0, 0.1) is 5.92 Å². The van der Waals surface area contributed by atoms with Crippen molar-refractivity contribution in [2.45, 2.75) is 108 Å². The molecule has 1 N–H and O–H groups in total. The first-order valence-electron chi connectivity index (χ1n) is 9.80. The van der Waals surface area contributed by atoms with Gasteiger partial charge in [-0.05, 0) is 49.4 Å². The smallest absolute Gasteiger partial charge is 0.191 e. The minimum absolute atomic E-state index is 0.163. The van der Waals surface area contributed by atoms with E-state index < -0.39 is 22.2 Å². The van der Waals surface area contributed by atoms with Gasteiger partial charge in [-0.3, -0.25) is 0 Å². The third kappa shape index (κ3) is 4.34. The molecular weight excluding hydrogens is 332 g/mol. The Morgan fingerprint density at radius 2 is 1.71 bits per heavy atom. The van der Waals surface area contributed by atoms with Gasteiger partial charge in [0, 0.05) is 27.0 Å². The summed E-state index contributed by atoms with van der Waals surface area (Å²) in [5.74, 6) is -0.494. The Kier molecular flexibility index (Phi) is 5.84. The molecule has 1 saturated carbocycles. The van der Waals surface area contributed by atoms with Crippen LogP contribution in [0.25, 0.3) is 0 Å². The zero-order valence-corrected chi connectivity index (χ0v) is 19.2. The van der Waals surface area contributed by atoms with Gasteiger partial charge in [0.05, 0.1) is 6.10 Å². The Balaban J connectivity index is 1.88. The molecule has 1 saturated heterocycles. The van der Waals surface area contributed by atoms with Crippen molar-refractivity contribution >= 4 is 16.4 Å². The van der Waals surface area contributed by atoms with E-state index in [1.54, 1.807) is 0 Å². The van der Waals surface area contributed by atoms with E-state index in [-0.39, 0.29) is 11.1 Å². The van der Waals surface area contributed by atoms with Gasteiger partial charge in [-0.2, -0.15) is 0 Å². The molecule has 0 aromatic heterocycles. The molecular formula is C19H40O3Si2. The van der Waals surface area contributed by atoms with Crippen LogP contribution in [0.5, 0.6) is 0 Å². The van der Waals surface area contributed by atoms with Crippen molar-refractivity contribution in [1.82, 2.24) is 0 Å². The molecule has 3 nitrogen and oxygen atoms in total. The molecule has 0 aromatic carbocycles. The highest BCUT2D eigenvalue weighted by molar-refractivity contribution is 6.77. The fourth-order valence-electron chi connectivity index (χ4n) is 4.25. The second-order valence-corrected chi connectivity index (χ2v) is 21.0. The summed E-state index contributed by atoms with van der Waals surface area (Å²) in [6.45, 7) is 19.5. The molecule has 0 spiro atoms. The lowest BCUT2D eigenvalue weighted by Crippen LogP contribution is -2.48. The molecule has 142 valence electrons. The lowest BCUT2D eigenvalue weighted by atomic mass is 9.90. The Hall–Kier alpha value is 0.314. The van der Waals surface area contributed by atoms with E-state index in [2.05, 4.69) is 53.5 Å². The second-order valence-electron chi connectivity index (χ2n) is 10.7. The topological polar surface area (TPSA) is 38.7 Å². The van der Waals surface area contributed by atoms with Crippen LogP contribution in [0.2, 0.25) is 43.3 Å². The van der Waals surface area contributed by atoms with Crippen LogP contribution in [-0.4, -0.2) is 40.0 Å². The average molecular weight is 373 g/mol. The normalized spacial score (nSPS) is 35.1. The third-order valence-electron chi connectivity index (χ3n) is 6.87. The summed E-state index contributed by atoms with van der Waals surface area (Å²) in [6.07, 6.45) is 5.25. The summed E-state index contributed by atoms with van der Waals surface area (Å²) in [4.78, 5) is 0. The van der Waals surface area contributed by atoms with Gasteiger partial charge in [0.15, 0.2) is 14.1 Å². The molecule has 2 aliphatic rings. The largest absolute Gasteiger partial charge is 0.417 e. The molecule has 1 aliphatic heterocycles. The molecule has 0 aromatic rings. The van der Waals surface area contributed by atoms with Crippen LogP contribution in [0.3, 0.4) is 0 Å². The van der Waals surface area contributed by atoms with E-state index in [1.807, 2.05) is 0 Å². The van der Waals surface area contributed by atoms with E-state index >= 15 is 0 Å². The summed E-state index contributed by atoms with van der Waals surface area (Å²) in [5, 5.41) is 11.3. The summed E-state index contributed by atoms with van der Waals surface area (Å²) < 4.78 is 12.5. The van der Waals surface area contributed by atoms with Gasteiger partial charge in [0.2, 0.25) is 0 Å². The third-order valence-corrected chi connectivity index (χ3v) is 14.3. The van der Waals surface area contributed by atoms with Gasteiger partial charge in [0.25, 0.3) is 0 Å². The Morgan fingerprint density at radius 1 is 1.08 bits per heavy atom. The molecule has 0 radical (unpaired) electrons. The van der Waals surface area contributed by atoms with E-state index in [1.165, 1.54) is 0 Å². The molecule has 5 heteroatoms. The average Bonchev–Trinajstić information content (AvgIpc) is 2.73. The molecule has 2 fully saturated rings. The highest BCUT2D eigenvalue weighted by Gasteiger charge is 2.54. The van der Waals surface area contributed by atoms with Crippen LogP contribution in [0.1, 0.15) is 52.9 Å². The molecule has 2 rings (SSSR count). The van der Waals surface area contributed by atoms with Gasteiger partial charge in [0.1, 0.15) is 0 Å². The first-order chi connectivity index (χ1) is 10.8. The van der Waals surface area contributed by atoms with Crippen molar-refractivity contribution in [3.8, 4) is 0 Å². The van der Waals surface area contributed by atoms with Crippen molar-refractivity contribution in [2.75, 3.05) is 6.61 Å². The quantitative estimate of drug-likeness (QED) is 0.658. The predicted molar refractivity (Wildman–Crippen MR) is 107 cm³/mol. The van der Waals surface area contributed by atoms with Crippen molar-refractivity contribution in [1.29, 1.82) is 0 Å². The second kappa shape index (κ2) is 6.80. The van der Waals surface area contributed by atoms with Crippen LogP contribution < -0.4 is 0 Å². The fraction of sp³-hybridized carbons (Fsp3) is 1.00. The standard InChI is InChI=1S/C19H40O3Si2/c1-18(2,3)24(7,8)21-14-12-15-9-10-16-17(23(4,5)6)11-13-19(16,20)22-15/h15-17,20H,9-14H2,1-8H3/t15?,16-,17+,19?/m1/s1. The molecule has 2 unspecified atom stereocenters. The lowest BCUT2D eigenvalue weighted by molar-refractivity contribution is -0.272. The van der Waals surface area contributed by atoms with Gasteiger partial charge < -0.3 is 14.3 Å². The van der Waals surface area contributed by atoms with Crippen LogP contribution in [0.15, 0.2) is 0 Å². The van der Waals surface area contributed by atoms with E-state index in [4.69, 9.17) is 9.16 Å². The maximum absolute atomic E-state index is 11.1. The molecule has 1 heterocycles. The molecule has 4 atom stereocenters. The van der Waals surface area contributed by atoms with Crippen molar-refractivity contribution in [3.05, 3.63) is 0 Å². The fourth-order valence-corrected chi connectivity index (χ4v) is 7.96. The van der Waals surface area contributed by atoms with Gasteiger partial charge in [-0.25, -0.2) is 0 Å². The zero-order valence-electron chi connectivity index (χ0n) is 17.2. The van der Waals surface area contributed by atoms with Crippen molar-refractivity contribution < 1.29 is 14.3 Å². The number of ether oxygens (including phenoxy) is 1. The van der Waals surface area contributed by atoms with Gasteiger partial charge in [-0.1, -0.05) is 40.4 Å².